The predicted molar refractivity (Wildman–Crippen MR) is 115 cm³/mol. The fraction of sp³-hybridized carbons (Fsp3) is 0.300. The molecule has 1 unspecified atom stereocenters. The van der Waals surface area contributed by atoms with Gasteiger partial charge in [-0.05, 0) is 36.4 Å². The first kappa shape index (κ1) is 18.5. The van der Waals surface area contributed by atoms with Crippen LogP contribution < -0.4 is 11.1 Å². The highest BCUT2D eigenvalue weighted by Gasteiger charge is 2.20. The zero-order valence-corrected chi connectivity index (χ0v) is 17.1. The number of rotatable bonds is 5. The van der Waals surface area contributed by atoms with Gasteiger partial charge in [0.2, 0.25) is 0 Å². The highest BCUT2D eigenvalue weighted by atomic mass is 32.2. The topological polar surface area (TPSA) is 89.9 Å². The van der Waals surface area contributed by atoms with Gasteiger partial charge in [-0.2, -0.15) is 0 Å². The van der Waals surface area contributed by atoms with Gasteiger partial charge in [0.15, 0.2) is 5.16 Å². The lowest BCUT2D eigenvalue weighted by atomic mass is 10.2. The molecule has 0 saturated carbocycles. The summed E-state index contributed by atoms with van der Waals surface area (Å²) in [5.74, 6) is 0.981. The van der Waals surface area contributed by atoms with Crippen LogP contribution in [0.5, 0.6) is 0 Å². The summed E-state index contributed by atoms with van der Waals surface area (Å²) in [4.78, 5) is 37.4. The fourth-order valence-electron chi connectivity index (χ4n) is 3.53. The Labute approximate surface area is 173 Å². The number of thiophene rings is 1. The molecule has 5 rings (SSSR count). The summed E-state index contributed by atoms with van der Waals surface area (Å²) in [6, 6.07) is 9.20. The van der Waals surface area contributed by atoms with E-state index < -0.39 is 0 Å². The summed E-state index contributed by atoms with van der Waals surface area (Å²) in [6.07, 6.45) is 1.97. The molecule has 1 atom stereocenters. The molecule has 0 spiro atoms. The van der Waals surface area contributed by atoms with Crippen LogP contribution in [0.2, 0.25) is 0 Å². The van der Waals surface area contributed by atoms with Gasteiger partial charge in [0, 0.05) is 6.61 Å². The van der Waals surface area contributed by atoms with Crippen LogP contribution in [0.4, 0.5) is 0 Å². The lowest BCUT2D eigenvalue weighted by Gasteiger charge is -2.16. The monoisotopic (exact) mass is 426 g/mol. The largest absolute Gasteiger partial charge is 0.376 e. The third-order valence-electron chi connectivity index (χ3n) is 4.94. The molecule has 0 radical (unpaired) electrons. The molecule has 0 aliphatic carbocycles. The van der Waals surface area contributed by atoms with Crippen molar-refractivity contribution in [2.75, 3.05) is 6.61 Å². The lowest BCUT2D eigenvalue weighted by molar-refractivity contribution is 0.0937. The number of hydrogen-bond acceptors (Lipinski definition) is 7. The van der Waals surface area contributed by atoms with Crippen LogP contribution in [0.25, 0.3) is 21.1 Å². The maximum atomic E-state index is 13.1. The summed E-state index contributed by atoms with van der Waals surface area (Å²) < 4.78 is 8.06. The second kappa shape index (κ2) is 7.74. The average molecular weight is 427 g/mol. The molecule has 1 aromatic carbocycles. The van der Waals surface area contributed by atoms with Gasteiger partial charge in [-0.3, -0.25) is 14.2 Å². The SMILES string of the molecule is O=c1[nH]c(CSc2nc3ccccc3c(=O)n2CC2CCCO2)nc2ccsc12. The third kappa shape index (κ3) is 3.61. The molecule has 9 heteroatoms. The highest BCUT2D eigenvalue weighted by molar-refractivity contribution is 7.98. The van der Waals surface area contributed by atoms with Crippen molar-refractivity contribution in [1.82, 2.24) is 19.5 Å². The molecular weight excluding hydrogens is 408 g/mol. The number of fused-ring (bicyclic) bond motifs is 2. The van der Waals surface area contributed by atoms with Crippen LogP contribution in [0.1, 0.15) is 18.7 Å². The molecule has 4 heterocycles. The molecule has 1 N–H and O–H groups in total. The summed E-state index contributed by atoms with van der Waals surface area (Å²) in [7, 11) is 0. The van der Waals surface area contributed by atoms with E-state index in [0.29, 0.717) is 44.4 Å². The Balaban J connectivity index is 1.51. The Morgan fingerprint density at radius 3 is 2.97 bits per heavy atom. The first-order chi connectivity index (χ1) is 14.2. The van der Waals surface area contributed by atoms with E-state index in [1.54, 1.807) is 10.6 Å². The van der Waals surface area contributed by atoms with Gasteiger partial charge in [-0.25, -0.2) is 9.97 Å². The molecule has 29 heavy (non-hydrogen) atoms. The molecule has 7 nitrogen and oxygen atoms in total. The molecular formula is C20H18N4O3S2. The number of ether oxygens (including phenoxy) is 1. The van der Waals surface area contributed by atoms with Gasteiger partial charge in [0.25, 0.3) is 11.1 Å². The minimum atomic E-state index is -0.135. The van der Waals surface area contributed by atoms with Crippen LogP contribution in [0, 0.1) is 0 Å². The van der Waals surface area contributed by atoms with Gasteiger partial charge in [0.1, 0.15) is 10.5 Å². The number of H-pyrrole nitrogens is 1. The van der Waals surface area contributed by atoms with E-state index in [4.69, 9.17) is 9.72 Å². The second-order valence-corrected chi connectivity index (χ2v) is 8.76. The number of hydrogen-bond donors (Lipinski definition) is 1. The Hall–Kier alpha value is -2.49. The number of para-hydroxylation sites is 1. The quantitative estimate of drug-likeness (QED) is 0.389. The molecule has 148 valence electrons. The van der Waals surface area contributed by atoms with Crippen molar-refractivity contribution in [3.8, 4) is 0 Å². The van der Waals surface area contributed by atoms with Crippen molar-refractivity contribution in [3.63, 3.8) is 0 Å². The van der Waals surface area contributed by atoms with Gasteiger partial charge >= 0.3 is 0 Å². The molecule has 0 bridgehead atoms. The minimum Gasteiger partial charge on any atom is -0.376 e. The number of aromatic nitrogens is 4. The summed E-state index contributed by atoms with van der Waals surface area (Å²) in [5.41, 5.74) is 1.16. The summed E-state index contributed by atoms with van der Waals surface area (Å²) in [5, 5.41) is 3.06. The maximum absolute atomic E-state index is 13.1. The van der Waals surface area contributed by atoms with E-state index in [-0.39, 0.29) is 17.2 Å². The van der Waals surface area contributed by atoms with Crippen molar-refractivity contribution < 1.29 is 4.74 Å². The summed E-state index contributed by atoms with van der Waals surface area (Å²) >= 11 is 2.78. The van der Waals surface area contributed by atoms with Crippen LogP contribution >= 0.6 is 23.1 Å². The van der Waals surface area contributed by atoms with Gasteiger partial charge in [-0.1, -0.05) is 23.9 Å². The Morgan fingerprint density at radius 1 is 1.21 bits per heavy atom. The van der Waals surface area contributed by atoms with E-state index in [2.05, 4.69) is 9.97 Å². The number of benzene rings is 1. The summed E-state index contributed by atoms with van der Waals surface area (Å²) in [6.45, 7) is 1.21. The van der Waals surface area contributed by atoms with E-state index in [1.807, 2.05) is 29.6 Å². The van der Waals surface area contributed by atoms with Crippen LogP contribution in [-0.2, 0) is 17.0 Å². The van der Waals surface area contributed by atoms with Gasteiger partial charge in [0.05, 0.1) is 34.8 Å². The van der Waals surface area contributed by atoms with Crippen LogP contribution in [-0.4, -0.2) is 32.2 Å². The Morgan fingerprint density at radius 2 is 2.10 bits per heavy atom. The highest BCUT2D eigenvalue weighted by Crippen LogP contribution is 2.23. The maximum Gasteiger partial charge on any atom is 0.268 e. The molecule has 4 aromatic rings. The zero-order chi connectivity index (χ0) is 19.8. The minimum absolute atomic E-state index is 0.0232. The van der Waals surface area contributed by atoms with Crippen LogP contribution in [0.3, 0.4) is 0 Å². The van der Waals surface area contributed by atoms with Crippen LogP contribution in [0.15, 0.2) is 50.5 Å². The fourth-order valence-corrected chi connectivity index (χ4v) is 5.14. The van der Waals surface area contributed by atoms with E-state index in [0.717, 1.165) is 19.4 Å². The molecule has 0 amide bonds. The molecule has 1 fully saturated rings. The zero-order valence-electron chi connectivity index (χ0n) is 15.5. The van der Waals surface area contributed by atoms with Crippen molar-refractivity contribution in [1.29, 1.82) is 0 Å². The van der Waals surface area contributed by atoms with Crippen molar-refractivity contribution >= 4 is 44.2 Å². The van der Waals surface area contributed by atoms with Crippen molar-refractivity contribution in [2.45, 2.75) is 36.4 Å². The first-order valence-corrected chi connectivity index (χ1v) is 11.3. The van der Waals surface area contributed by atoms with Crippen molar-refractivity contribution in [3.05, 3.63) is 62.2 Å². The molecule has 3 aromatic heterocycles. The molecule has 1 aliphatic heterocycles. The third-order valence-corrected chi connectivity index (χ3v) is 6.83. The normalized spacial score (nSPS) is 16.8. The number of aromatic amines is 1. The molecule has 1 saturated heterocycles. The van der Waals surface area contributed by atoms with E-state index in [9.17, 15) is 9.59 Å². The lowest BCUT2D eigenvalue weighted by Crippen LogP contribution is -2.28. The van der Waals surface area contributed by atoms with E-state index >= 15 is 0 Å². The van der Waals surface area contributed by atoms with E-state index in [1.165, 1.54) is 23.1 Å². The standard InChI is InChI=1S/C20H18N4O3S2/c25-18-17-15(7-9-28-17)21-16(23-18)11-29-20-22-14-6-2-1-5-13(14)19(26)24(20)10-12-4-3-8-27-12/h1-2,5-7,9,12H,3-4,8,10-11H2,(H,21,23,25). The number of nitrogens with zero attached hydrogens (tertiary/aromatic N) is 3. The van der Waals surface area contributed by atoms with Crippen molar-refractivity contribution in [2.24, 2.45) is 0 Å². The first-order valence-electron chi connectivity index (χ1n) is 9.39. The number of nitrogens with one attached hydrogen (secondary N) is 1. The Kier molecular flexibility index (Phi) is 4.94. The smallest absolute Gasteiger partial charge is 0.268 e. The Bertz CT molecular complexity index is 1300. The average Bonchev–Trinajstić information content (AvgIpc) is 3.41. The van der Waals surface area contributed by atoms with Gasteiger partial charge in [-0.15, -0.1) is 11.3 Å². The van der Waals surface area contributed by atoms with Gasteiger partial charge < -0.3 is 9.72 Å². The second-order valence-electron chi connectivity index (χ2n) is 6.90. The number of thioether (sulfide) groups is 1. The molecule has 1 aliphatic rings. The predicted octanol–water partition coefficient (Wildman–Crippen LogP) is 3.17.